The molecule has 2 aromatic carbocycles. The highest BCUT2D eigenvalue weighted by Crippen LogP contribution is 2.35. The second-order valence-corrected chi connectivity index (χ2v) is 5.67. The van der Waals surface area contributed by atoms with Gasteiger partial charge in [-0.2, -0.15) is 0 Å². The van der Waals surface area contributed by atoms with Crippen molar-refractivity contribution in [3.05, 3.63) is 59.8 Å². The first-order valence-electron chi connectivity index (χ1n) is 5.95. The van der Waals surface area contributed by atoms with E-state index in [2.05, 4.69) is 17.1 Å². The van der Waals surface area contributed by atoms with Gasteiger partial charge >= 0.3 is 0 Å². The zero-order chi connectivity index (χ0) is 12.8. The van der Waals surface area contributed by atoms with Gasteiger partial charge in [0.2, 0.25) is 0 Å². The number of nitrogens with zero attached hydrogens (tertiary/aromatic N) is 2. The number of para-hydroxylation sites is 1. The van der Waals surface area contributed by atoms with Gasteiger partial charge in [-0.3, -0.25) is 4.40 Å². The minimum absolute atomic E-state index is 0.679. The molecule has 4 heteroatoms. The molecule has 0 fully saturated rings. The monoisotopic (exact) mass is 284 g/mol. The van der Waals surface area contributed by atoms with Crippen molar-refractivity contribution >= 4 is 38.1 Å². The van der Waals surface area contributed by atoms with Crippen molar-refractivity contribution in [2.75, 3.05) is 0 Å². The van der Waals surface area contributed by atoms with Crippen LogP contribution in [0.1, 0.15) is 0 Å². The van der Waals surface area contributed by atoms with Crippen LogP contribution in [0.4, 0.5) is 0 Å². The van der Waals surface area contributed by atoms with Crippen LogP contribution in [0.5, 0.6) is 0 Å². The summed E-state index contributed by atoms with van der Waals surface area (Å²) in [6, 6.07) is 18.3. The molecule has 0 bridgehead atoms. The molecule has 0 atom stereocenters. The zero-order valence-electron chi connectivity index (χ0n) is 9.88. The van der Waals surface area contributed by atoms with E-state index in [1.165, 1.54) is 4.70 Å². The van der Waals surface area contributed by atoms with Crippen LogP contribution in [0.15, 0.2) is 54.6 Å². The summed E-state index contributed by atoms with van der Waals surface area (Å²) in [6.07, 6.45) is 0. The SMILES string of the molecule is Clc1c(-c2ccccc2)nc2sc3ccccc3n12. The topological polar surface area (TPSA) is 17.3 Å². The lowest BCUT2D eigenvalue weighted by atomic mass is 10.2. The number of thiazole rings is 1. The Morgan fingerprint density at radius 2 is 1.68 bits per heavy atom. The molecule has 0 N–H and O–H groups in total. The minimum Gasteiger partial charge on any atom is -0.273 e. The van der Waals surface area contributed by atoms with Crippen molar-refractivity contribution in [3.63, 3.8) is 0 Å². The molecule has 4 rings (SSSR count). The average Bonchev–Trinajstić information content (AvgIpc) is 2.97. The predicted octanol–water partition coefficient (Wildman–Crippen LogP) is 4.87. The smallest absolute Gasteiger partial charge is 0.196 e. The quantitative estimate of drug-likeness (QED) is 0.487. The molecule has 0 aliphatic carbocycles. The first-order valence-corrected chi connectivity index (χ1v) is 7.15. The molecule has 0 aliphatic rings. The molecule has 0 aliphatic heterocycles. The van der Waals surface area contributed by atoms with Crippen LogP contribution < -0.4 is 0 Å². The first kappa shape index (κ1) is 11.0. The van der Waals surface area contributed by atoms with Gasteiger partial charge in [0.25, 0.3) is 0 Å². The van der Waals surface area contributed by atoms with E-state index in [1.807, 2.05) is 46.9 Å². The van der Waals surface area contributed by atoms with E-state index in [9.17, 15) is 0 Å². The maximum Gasteiger partial charge on any atom is 0.196 e. The second kappa shape index (κ2) is 4.08. The summed E-state index contributed by atoms with van der Waals surface area (Å²) in [5.41, 5.74) is 3.01. The molecule has 0 radical (unpaired) electrons. The Labute approximate surface area is 118 Å². The van der Waals surface area contributed by atoms with Crippen LogP contribution >= 0.6 is 22.9 Å². The molecule has 2 aromatic heterocycles. The summed E-state index contributed by atoms with van der Waals surface area (Å²) in [7, 11) is 0. The number of hydrogen-bond acceptors (Lipinski definition) is 2. The lowest BCUT2D eigenvalue weighted by Crippen LogP contribution is -1.81. The number of aromatic nitrogens is 2. The van der Waals surface area contributed by atoms with Crippen LogP contribution in [0.25, 0.3) is 26.4 Å². The minimum atomic E-state index is 0.679. The van der Waals surface area contributed by atoms with E-state index in [-0.39, 0.29) is 0 Å². The molecule has 2 heterocycles. The molecular weight excluding hydrogens is 276 g/mol. The summed E-state index contributed by atoms with van der Waals surface area (Å²) >= 11 is 8.18. The standard InChI is InChI=1S/C15H9ClN2S/c16-14-13(10-6-2-1-3-7-10)17-15-18(14)11-8-4-5-9-12(11)19-15/h1-9H. The molecule has 92 valence electrons. The Morgan fingerprint density at radius 3 is 2.53 bits per heavy atom. The van der Waals surface area contributed by atoms with Crippen LogP contribution in [0.2, 0.25) is 5.15 Å². The van der Waals surface area contributed by atoms with Crippen molar-refractivity contribution in [1.82, 2.24) is 9.38 Å². The molecule has 2 nitrogen and oxygen atoms in total. The largest absolute Gasteiger partial charge is 0.273 e. The zero-order valence-corrected chi connectivity index (χ0v) is 11.4. The Hall–Kier alpha value is -1.84. The van der Waals surface area contributed by atoms with Crippen molar-refractivity contribution in [2.24, 2.45) is 0 Å². The summed E-state index contributed by atoms with van der Waals surface area (Å²) in [4.78, 5) is 5.60. The van der Waals surface area contributed by atoms with E-state index >= 15 is 0 Å². The van der Waals surface area contributed by atoms with Gasteiger partial charge in [0.15, 0.2) is 4.96 Å². The number of rotatable bonds is 1. The van der Waals surface area contributed by atoms with E-state index in [0.29, 0.717) is 5.15 Å². The van der Waals surface area contributed by atoms with Crippen molar-refractivity contribution in [2.45, 2.75) is 0 Å². The van der Waals surface area contributed by atoms with Crippen molar-refractivity contribution in [3.8, 4) is 11.3 Å². The van der Waals surface area contributed by atoms with Crippen molar-refractivity contribution in [1.29, 1.82) is 0 Å². The first-order chi connectivity index (χ1) is 9.34. The predicted molar refractivity (Wildman–Crippen MR) is 81.0 cm³/mol. The highest BCUT2D eigenvalue weighted by Gasteiger charge is 2.15. The number of benzene rings is 2. The Morgan fingerprint density at radius 1 is 0.947 bits per heavy atom. The fourth-order valence-corrected chi connectivity index (χ4v) is 3.66. The normalized spacial score (nSPS) is 11.4. The highest BCUT2D eigenvalue weighted by atomic mass is 35.5. The fraction of sp³-hybridized carbons (Fsp3) is 0. The Bertz CT molecular complexity index is 877. The maximum atomic E-state index is 6.52. The van der Waals surface area contributed by atoms with Gasteiger partial charge in [-0.25, -0.2) is 4.98 Å². The molecular formula is C15H9ClN2S. The summed E-state index contributed by atoms with van der Waals surface area (Å²) < 4.78 is 3.22. The van der Waals surface area contributed by atoms with Gasteiger partial charge in [0.1, 0.15) is 10.8 Å². The van der Waals surface area contributed by atoms with E-state index in [1.54, 1.807) is 11.3 Å². The van der Waals surface area contributed by atoms with E-state index < -0.39 is 0 Å². The Kier molecular flexibility index (Phi) is 2.37. The highest BCUT2D eigenvalue weighted by molar-refractivity contribution is 7.23. The van der Waals surface area contributed by atoms with Gasteiger partial charge in [-0.15, -0.1) is 0 Å². The molecule has 0 saturated carbocycles. The molecule has 0 amide bonds. The number of fused-ring (bicyclic) bond motifs is 3. The van der Waals surface area contributed by atoms with Crippen LogP contribution in [0, 0.1) is 0 Å². The molecule has 19 heavy (non-hydrogen) atoms. The van der Waals surface area contributed by atoms with Crippen LogP contribution in [0.3, 0.4) is 0 Å². The van der Waals surface area contributed by atoms with Gasteiger partial charge in [0, 0.05) is 5.56 Å². The van der Waals surface area contributed by atoms with Crippen LogP contribution in [-0.4, -0.2) is 9.38 Å². The van der Waals surface area contributed by atoms with Gasteiger partial charge in [-0.05, 0) is 12.1 Å². The number of imidazole rings is 1. The summed E-state index contributed by atoms with van der Waals surface area (Å²) in [6.45, 7) is 0. The van der Waals surface area contributed by atoms with E-state index in [4.69, 9.17) is 11.6 Å². The van der Waals surface area contributed by atoms with Gasteiger partial charge in [-0.1, -0.05) is 65.4 Å². The number of halogens is 1. The summed E-state index contributed by atoms with van der Waals surface area (Å²) in [5.74, 6) is 0. The maximum absolute atomic E-state index is 6.52. The average molecular weight is 285 g/mol. The third-order valence-electron chi connectivity index (χ3n) is 3.15. The van der Waals surface area contributed by atoms with Gasteiger partial charge in [0.05, 0.1) is 10.2 Å². The van der Waals surface area contributed by atoms with Crippen LogP contribution in [-0.2, 0) is 0 Å². The third kappa shape index (κ3) is 1.59. The molecule has 0 unspecified atom stereocenters. The number of hydrogen-bond donors (Lipinski definition) is 0. The molecule has 4 aromatic rings. The third-order valence-corrected chi connectivity index (χ3v) is 4.51. The summed E-state index contributed by atoms with van der Waals surface area (Å²) in [5, 5.41) is 0.679. The Balaban J connectivity index is 2.08. The lowest BCUT2D eigenvalue weighted by Gasteiger charge is -1.97. The fourth-order valence-electron chi connectivity index (χ4n) is 2.27. The van der Waals surface area contributed by atoms with Crippen molar-refractivity contribution < 1.29 is 0 Å². The van der Waals surface area contributed by atoms with E-state index in [0.717, 1.165) is 21.7 Å². The van der Waals surface area contributed by atoms with Gasteiger partial charge < -0.3 is 0 Å². The lowest BCUT2D eigenvalue weighted by molar-refractivity contribution is 1.30. The molecule has 0 spiro atoms. The second-order valence-electron chi connectivity index (χ2n) is 4.31. The molecule has 0 saturated heterocycles.